The molecule has 0 radical (unpaired) electrons. The van der Waals surface area contributed by atoms with E-state index in [-0.39, 0.29) is 5.91 Å². The number of benzene rings is 2. The Morgan fingerprint density at radius 2 is 1.96 bits per heavy atom. The van der Waals surface area contributed by atoms with Gasteiger partial charge in [-0.05, 0) is 42.3 Å². The second-order valence-electron chi connectivity index (χ2n) is 5.74. The van der Waals surface area contributed by atoms with Crippen molar-refractivity contribution in [2.45, 2.75) is 13.3 Å². The van der Waals surface area contributed by atoms with Crippen molar-refractivity contribution in [3.8, 4) is 22.8 Å². The number of methoxy groups -OCH3 is 2. The number of nitrogens with one attached hydrogen (secondary N) is 2. The molecule has 134 valence electrons. The molecule has 0 saturated heterocycles. The minimum atomic E-state index is -0.246. The monoisotopic (exact) mass is 351 g/mol. The van der Waals surface area contributed by atoms with Gasteiger partial charge >= 0.3 is 0 Å². The van der Waals surface area contributed by atoms with Crippen molar-refractivity contribution in [2.24, 2.45) is 0 Å². The van der Waals surface area contributed by atoms with Gasteiger partial charge in [0.2, 0.25) is 0 Å². The fraction of sp³-hybridized carbons (Fsp3) is 0.200. The molecule has 2 N–H and O–H groups in total. The van der Waals surface area contributed by atoms with Crippen LogP contribution >= 0.6 is 0 Å². The molecule has 26 heavy (non-hydrogen) atoms. The predicted molar refractivity (Wildman–Crippen MR) is 101 cm³/mol. The topological polar surface area (TPSA) is 76.2 Å². The van der Waals surface area contributed by atoms with E-state index in [0.717, 1.165) is 23.2 Å². The Bertz CT molecular complexity index is 918. The van der Waals surface area contributed by atoms with Gasteiger partial charge in [0.15, 0.2) is 0 Å². The third-order valence-corrected chi connectivity index (χ3v) is 4.10. The van der Waals surface area contributed by atoms with Crippen LogP contribution in [0.3, 0.4) is 0 Å². The average molecular weight is 351 g/mol. The van der Waals surface area contributed by atoms with Gasteiger partial charge in [0.05, 0.1) is 19.9 Å². The normalized spacial score (nSPS) is 10.4. The lowest BCUT2D eigenvalue weighted by molar-refractivity contribution is 0.102. The first kappa shape index (κ1) is 17.5. The molecule has 1 aromatic heterocycles. The standard InChI is InChI=1S/C20H21N3O3/c1-4-13-6-5-7-14(10-13)21-20(24)18-12-17(22-23-18)16-9-8-15(25-2)11-19(16)26-3/h5-12H,4H2,1-3H3,(H,21,24)(H,22,23). The van der Waals surface area contributed by atoms with E-state index in [1.807, 2.05) is 36.4 Å². The van der Waals surface area contributed by atoms with Crippen LogP contribution in [0, 0.1) is 0 Å². The zero-order valence-electron chi connectivity index (χ0n) is 15.0. The van der Waals surface area contributed by atoms with Gasteiger partial charge in [-0.2, -0.15) is 5.10 Å². The first-order valence-electron chi connectivity index (χ1n) is 8.32. The van der Waals surface area contributed by atoms with Gasteiger partial charge in [-0.3, -0.25) is 9.89 Å². The number of aryl methyl sites for hydroxylation is 1. The number of H-pyrrole nitrogens is 1. The van der Waals surface area contributed by atoms with E-state index in [4.69, 9.17) is 9.47 Å². The molecule has 0 aliphatic rings. The highest BCUT2D eigenvalue weighted by Crippen LogP contribution is 2.32. The molecule has 0 spiro atoms. The third-order valence-electron chi connectivity index (χ3n) is 4.10. The minimum absolute atomic E-state index is 0.246. The van der Waals surface area contributed by atoms with Crippen molar-refractivity contribution < 1.29 is 14.3 Å². The number of aromatic amines is 1. The summed E-state index contributed by atoms with van der Waals surface area (Å²) in [6.45, 7) is 2.07. The van der Waals surface area contributed by atoms with E-state index >= 15 is 0 Å². The molecule has 0 unspecified atom stereocenters. The fourth-order valence-electron chi connectivity index (χ4n) is 2.65. The number of ether oxygens (including phenoxy) is 2. The summed E-state index contributed by atoms with van der Waals surface area (Å²) in [6, 6.07) is 14.9. The summed E-state index contributed by atoms with van der Waals surface area (Å²) < 4.78 is 10.6. The van der Waals surface area contributed by atoms with Crippen molar-refractivity contribution in [2.75, 3.05) is 19.5 Å². The molecule has 0 aliphatic carbocycles. The summed E-state index contributed by atoms with van der Waals surface area (Å²) in [5.41, 5.74) is 3.69. The molecular formula is C20H21N3O3. The van der Waals surface area contributed by atoms with Gasteiger partial charge in [-0.15, -0.1) is 0 Å². The summed E-state index contributed by atoms with van der Waals surface area (Å²) in [6.07, 6.45) is 0.912. The molecule has 6 heteroatoms. The number of aromatic nitrogens is 2. The Morgan fingerprint density at radius 3 is 2.69 bits per heavy atom. The summed E-state index contributed by atoms with van der Waals surface area (Å²) >= 11 is 0. The van der Waals surface area contributed by atoms with Crippen molar-refractivity contribution in [3.05, 3.63) is 59.8 Å². The van der Waals surface area contributed by atoms with E-state index in [1.54, 1.807) is 26.4 Å². The van der Waals surface area contributed by atoms with E-state index < -0.39 is 0 Å². The molecule has 6 nitrogen and oxygen atoms in total. The van der Waals surface area contributed by atoms with Crippen molar-refractivity contribution >= 4 is 11.6 Å². The molecule has 1 heterocycles. The van der Waals surface area contributed by atoms with Crippen molar-refractivity contribution in [1.82, 2.24) is 10.2 Å². The average Bonchev–Trinajstić information content (AvgIpc) is 3.17. The molecule has 1 amide bonds. The molecule has 0 fully saturated rings. The van der Waals surface area contributed by atoms with Crippen LogP contribution in [0.25, 0.3) is 11.3 Å². The van der Waals surface area contributed by atoms with Gasteiger partial charge in [-0.1, -0.05) is 19.1 Å². The Balaban J connectivity index is 1.82. The van der Waals surface area contributed by atoms with Crippen LogP contribution in [0.4, 0.5) is 5.69 Å². The zero-order chi connectivity index (χ0) is 18.5. The van der Waals surface area contributed by atoms with E-state index in [2.05, 4.69) is 22.4 Å². The molecule has 0 atom stereocenters. The highest BCUT2D eigenvalue weighted by molar-refractivity contribution is 6.03. The van der Waals surface area contributed by atoms with Gasteiger partial charge in [0, 0.05) is 17.3 Å². The quantitative estimate of drug-likeness (QED) is 0.706. The maximum atomic E-state index is 12.5. The Kier molecular flexibility index (Phi) is 5.22. The number of nitrogens with zero attached hydrogens (tertiary/aromatic N) is 1. The van der Waals surface area contributed by atoms with Gasteiger partial charge in [-0.25, -0.2) is 0 Å². The Hall–Kier alpha value is -3.28. The van der Waals surface area contributed by atoms with Crippen LogP contribution in [0.15, 0.2) is 48.5 Å². The number of hydrogen-bond donors (Lipinski definition) is 2. The van der Waals surface area contributed by atoms with Crippen LogP contribution in [0.1, 0.15) is 23.0 Å². The molecule has 2 aromatic carbocycles. The first-order valence-corrected chi connectivity index (χ1v) is 8.32. The maximum absolute atomic E-state index is 12.5. The van der Waals surface area contributed by atoms with Crippen LogP contribution in [-0.4, -0.2) is 30.3 Å². The molecule has 3 rings (SSSR count). The molecule has 3 aromatic rings. The summed E-state index contributed by atoms with van der Waals surface area (Å²) in [4.78, 5) is 12.5. The number of rotatable bonds is 6. The maximum Gasteiger partial charge on any atom is 0.273 e. The number of hydrogen-bond acceptors (Lipinski definition) is 4. The molecule has 0 saturated carbocycles. The van der Waals surface area contributed by atoms with E-state index in [0.29, 0.717) is 22.9 Å². The lowest BCUT2D eigenvalue weighted by Gasteiger charge is -2.08. The van der Waals surface area contributed by atoms with Crippen molar-refractivity contribution in [1.29, 1.82) is 0 Å². The number of carbonyl (C=O) groups excluding carboxylic acids is 1. The second-order valence-corrected chi connectivity index (χ2v) is 5.74. The SMILES string of the molecule is CCc1cccc(NC(=O)c2cc(-c3ccc(OC)cc3OC)n[nH]2)c1. The number of carbonyl (C=O) groups is 1. The highest BCUT2D eigenvalue weighted by Gasteiger charge is 2.15. The molecule has 0 bridgehead atoms. The lowest BCUT2D eigenvalue weighted by Crippen LogP contribution is -2.12. The van der Waals surface area contributed by atoms with Gasteiger partial charge < -0.3 is 14.8 Å². The Labute approximate surface area is 152 Å². The van der Waals surface area contributed by atoms with E-state index in [9.17, 15) is 4.79 Å². The van der Waals surface area contributed by atoms with Crippen LogP contribution in [0.2, 0.25) is 0 Å². The summed E-state index contributed by atoms with van der Waals surface area (Å²) in [5, 5.41) is 9.91. The molecular weight excluding hydrogens is 330 g/mol. The van der Waals surface area contributed by atoms with Crippen LogP contribution in [0.5, 0.6) is 11.5 Å². The summed E-state index contributed by atoms with van der Waals surface area (Å²) in [5.74, 6) is 1.07. The zero-order valence-corrected chi connectivity index (χ0v) is 15.0. The Morgan fingerprint density at radius 1 is 1.12 bits per heavy atom. The van der Waals surface area contributed by atoms with Crippen LogP contribution < -0.4 is 14.8 Å². The van der Waals surface area contributed by atoms with E-state index in [1.165, 1.54) is 0 Å². The largest absolute Gasteiger partial charge is 0.497 e. The third kappa shape index (κ3) is 3.69. The first-order chi connectivity index (χ1) is 12.6. The van der Waals surface area contributed by atoms with Gasteiger partial charge in [0.1, 0.15) is 17.2 Å². The lowest BCUT2D eigenvalue weighted by atomic mass is 10.1. The number of anilines is 1. The van der Waals surface area contributed by atoms with Crippen LogP contribution in [-0.2, 0) is 6.42 Å². The minimum Gasteiger partial charge on any atom is -0.497 e. The predicted octanol–water partition coefficient (Wildman–Crippen LogP) is 3.91. The highest BCUT2D eigenvalue weighted by atomic mass is 16.5. The summed E-state index contributed by atoms with van der Waals surface area (Å²) in [7, 11) is 3.18. The smallest absolute Gasteiger partial charge is 0.273 e. The fourth-order valence-corrected chi connectivity index (χ4v) is 2.65. The van der Waals surface area contributed by atoms with Gasteiger partial charge in [0.25, 0.3) is 5.91 Å². The van der Waals surface area contributed by atoms with Crippen molar-refractivity contribution in [3.63, 3.8) is 0 Å². The molecule has 0 aliphatic heterocycles. The second kappa shape index (κ2) is 7.74. The number of amides is 1.